The number of fused-ring (bicyclic) bond motifs is 1. The molecule has 12 heteroatoms. The number of alkyl halides is 2. The third kappa shape index (κ3) is 3.21. The minimum atomic E-state index is -4.48. The van der Waals surface area contributed by atoms with Crippen LogP contribution in [0.2, 0.25) is 0 Å². The molecule has 1 aliphatic heterocycles. The molecule has 0 radical (unpaired) electrons. The fraction of sp³-hybridized carbons (Fsp3) is 0.222. The maximum Gasteiger partial charge on any atom is 0.482 e. The minimum Gasteiger partial charge on any atom is -0.468 e. The van der Waals surface area contributed by atoms with Crippen LogP contribution in [0, 0.1) is 36.0 Å². The number of amides is 1. The summed E-state index contributed by atoms with van der Waals surface area (Å²) in [5, 5.41) is 0. The fourth-order valence-corrected chi connectivity index (χ4v) is 2.81. The van der Waals surface area contributed by atoms with Gasteiger partial charge in [0.05, 0.1) is 18.4 Å². The molecule has 0 atom stereocenters. The molecule has 0 aromatic heterocycles. The Morgan fingerprint density at radius 3 is 2.30 bits per heavy atom. The number of halogens is 7. The van der Waals surface area contributed by atoms with Gasteiger partial charge in [0.2, 0.25) is 0 Å². The first kappa shape index (κ1) is 21.4. The van der Waals surface area contributed by atoms with Gasteiger partial charge in [0, 0.05) is 17.2 Å². The van der Waals surface area contributed by atoms with E-state index in [4.69, 9.17) is 0 Å². The van der Waals surface area contributed by atoms with Crippen LogP contribution in [-0.2, 0) is 14.3 Å². The molecule has 0 aliphatic carbocycles. The predicted molar refractivity (Wildman–Crippen MR) is 86.3 cm³/mol. The Labute approximate surface area is 163 Å². The van der Waals surface area contributed by atoms with Crippen molar-refractivity contribution in [1.82, 2.24) is 0 Å². The quantitative estimate of drug-likeness (QED) is 0.317. The van der Waals surface area contributed by atoms with E-state index in [1.165, 1.54) is 0 Å². The van der Waals surface area contributed by atoms with Gasteiger partial charge in [-0.05, 0) is 13.0 Å². The molecule has 2 aromatic rings. The molecule has 1 amide bonds. The van der Waals surface area contributed by atoms with Gasteiger partial charge in [0.1, 0.15) is 18.2 Å². The van der Waals surface area contributed by atoms with Crippen LogP contribution in [0.25, 0.3) is 11.1 Å². The first-order chi connectivity index (χ1) is 13.9. The van der Waals surface area contributed by atoms with Gasteiger partial charge in [0.15, 0.2) is 23.2 Å². The average molecular weight is 437 g/mol. The highest BCUT2D eigenvalue weighted by molar-refractivity contribution is 6.04. The molecule has 1 heterocycles. The van der Waals surface area contributed by atoms with Gasteiger partial charge in [0.25, 0.3) is 0 Å². The Morgan fingerprint density at radius 2 is 1.70 bits per heavy atom. The first-order valence-corrected chi connectivity index (χ1v) is 8.02. The van der Waals surface area contributed by atoms with E-state index >= 15 is 0 Å². The monoisotopic (exact) mass is 437 g/mol. The summed E-state index contributed by atoms with van der Waals surface area (Å²) in [6.07, 6.45) is -4.48. The zero-order chi connectivity index (χ0) is 22.5. The fourth-order valence-electron chi connectivity index (χ4n) is 2.81. The Balaban J connectivity index is 2.29. The number of methoxy groups -OCH3 is 1. The Bertz CT molecular complexity index is 1060. The van der Waals surface area contributed by atoms with Crippen LogP contribution in [0.3, 0.4) is 0 Å². The van der Waals surface area contributed by atoms with Crippen molar-refractivity contribution in [1.29, 1.82) is 0 Å². The van der Waals surface area contributed by atoms with Gasteiger partial charge >= 0.3 is 18.0 Å². The zero-order valence-corrected chi connectivity index (χ0v) is 15.1. The van der Waals surface area contributed by atoms with Crippen LogP contribution < -0.4 is 9.64 Å². The summed E-state index contributed by atoms with van der Waals surface area (Å²) in [5.41, 5.74) is -4.00. The Morgan fingerprint density at radius 1 is 1.07 bits per heavy atom. The second-order valence-corrected chi connectivity index (χ2v) is 6.14. The molecular formula is C18H10F7NO4. The van der Waals surface area contributed by atoms with Crippen LogP contribution in [0.4, 0.5) is 36.4 Å². The van der Waals surface area contributed by atoms with Gasteiger partial charge in [-0.2, -0.15) is 8.78 Å². The maximum absolute atomic E-state index is 14.5. The molecule has 0 spiro atoms. The van der Waals surface area contributed by atoms with Crippen LogP contribution in [-0.4, -0.2) is 31.6 Å². The van der Waals surface area contributed by atoms with E-state index in [-0.39, 0.29) is 11.0 Å². The van der Waals surface area contributed by atoms with Crippen molar-refractivity contribution in [2.45, 2.75) is 13.0 Å². The van der Waals surface area contributed by atoms with E-state index in [0.717, 1.165) is 14.0 Å². The molecule has 5 nitrogen and oxygen atoms in total. The lowest BCUT2D eigenvalue weighted by Gasteiger charge is -2.33. The molecule has 0 N–H and O–H groups in total. The van der Waals surface area contributed by atoms with Crippen molar-refractivity contribution in [2.24, 2.45) is 0 Å². The van der Waals surface area contributed by atoms with Gasteiger partial charge < -0.3 is 9.47 Å². The zero-order valence-electron chi connectivity index (χ0n) is 15.1. The molecule has 1 aliphatic rings. The topological polar surface area (TPSA) is 55.8 Å². The van der Waals surface area contributed by atoms with Crippen molar-refractivity contribution >= 4 is 17.6 Å². The number of benzene rings is 2. The third-order valence-electron chi connectivity index (χ3n) is 4.34. The highest BCUT2D eigenvalue weighted by atomic mass is 19.3. The predicted octanol–water partition coefficient (Wildman–Crippen LogP) is 3.85. The number of hydrogen-bond donors (Lipinski definition) is 0. The van der Waals surface area contributed by atoms with Gasteiger partial charge in [-0.1, -0.05) is 0 Å². The number of ether oxygens (including phenoxy) is 2. The van der Waals surface area contributed by atoms with Crippen molar-refractivity contribution in [3.63, 3.8) is 0 Å². The van der Waals surface area contributed by atoms with E-state index in [1.54, 1.807) is 0 Å². The molecule has 0 bridgehead atoms. The molecule has 2 aromatic carbocycles. The molecule has 30 heavy (non-hydrogen) atoms. The van der Waals surface area contributed by atoms with Crippen LogP contribution in [0.5, 0.6) is 5.75 Å². The largest absolute Gasteiger partial charge is 0.482 e. The maximum atomic E-state index is 14.5. The highest BCUT2D eigenvalue weighted by Gasteiger charge is 2.51. The first-order valence-electron chi connectivity index (χ1n) is 8.02. The van der Waals surface area contributed by atoms with Crippen molar-refractivity contribution in [3.8, 4) is 16.9 Å². The normalized spacial score (nSPS) is 15.0. The van der Waals surface area contributed by atoms with E-state index < -0.39 is 81.7 Å². The van der Waals surface area contributed by atoms with Crippen molar-refractivity contribution < 1.29 is 49.8 Å². The number of rotatable bonds is 3. The lowest BCUT2D eigenvalue weighted by Crippen LogP contribution is -2.52. The summed E-state index contributed by atoms with van der Waals surface area (Å²) in [6.45, 7) is -0.308. The molecule has 0 saturated heterocycles. The second-order valence-electron chi connectivity index (χ2n) is 6.14. The van der Waals surface area contributed by atoms with Crippen LogP contribution >= 0.6 is 0 Å². The number of nitrogens with zero attached hydrogens (tertiary/aromatic N) is 1. The van der Waals surface area contributed by atoms with Crippen molar-refractivity contribution in [3.05, 3.63) is 46.8 Å². The number of carbonyl (C=O) groups is 2. The van der Waals surface area contributed by atoms with Gasteiger partial charge in [-0.15, -0.1) is 0 Å². The smallest absolute Gasteiger partial charge is 0.468 e. The molecule has 0 saturated carbocycles. The summed E-state index contributed by atoms with van der Waals surface area (Å²) in [6, 6.07) is 0.768. The molecule has 0 unspecified atom stereocenters. The van der Waals surface area contributed by atoms with E-state index in [0.29, 0.717) is 6.07 Å². The molecule has 0 fully saturated rings. The molecule has 3 rings (SSSR count). The summed E-state index contributed by atoms with van der Waals surface area (Å²) in [5.74, 6) is -13.3. The lowest BCUT2D eigenvalue weighted by atomic mass is 9.98. The summed E-state index contributed by atoms with van der Waals surface area (Å²) in [4.78, 5) is 23.6. The van der Waals surface area contributed by atoms with E-state index in [1.807, 2.05) is 0 Å². The molecule has 160 valence electrons. The summed E-state index contributed by atoms with van der Waals surface area (Å²) >= 11 is 0. The highest BCUT2D eigenvalue weighted by Crippen LogP contribution is 2.44. The second kappa shape index (κ2) is 7.18. The van der Waals surface area contributed by atoms with Crippen LogP contribution in [0.1, 0.15) is 5.56 Å². The average Bonchev–Trinajstić information content (AvgIpc) is 2.69. The number of esters is 1. The SMILES string of the molecule is COC(=O)CN1C(=O)C(F)(F)Oc2cc(F)c(-c3c(F)c(C)c(F)c(F)c3F)cc21. The van der Waals surface area contributed by atoms with Crippen molar-refractivity contribution in [2.75, 3.05) is 18.6 Å². The summed E-state index contributed by atoms with van der Waals surface area (Å²) < 4.78 is 107. The Kier molecular flexibility index (Phi) is 5.12. The lowest BCUT2D eigenvalue weighted by molar-refractivity contribution is -0.193. The number of anilines is 1. The number of hydrogen-bond acceptors (Lipinski definition) is 4. The number of carbonyl (C=O) groups excluding carboxylic acids is 2. The standard InChI is InChI=1S/C18H10F7NO4/c1-6-13(20)12(15(22)16(23)14(6)21)7-3-9-10(4-8(7)19)30-18(24,25)17(28)26(9)5-11(27)29-2/h3-4H,5H2,1-2H3. The third-order valence-corrected chi connectivity index (χ3v) is 4.34. The minimum absolute atomic E-state index is 0.149. The van der Waals surface area contributed by atoms with Crippen LogP contribution in [0.15, 0.2) is 12.1 Å². The van der Waals surface area contributed by atoms with E-state index in [9.17, 15) is 40.3 Å². The van der Waals surface area contributed by atoms with Gasteiger partial charge in [-0.3, -0.25) is 14.5 Å². The summed E-state index contributed by atoms with van der Waals surface area (Å²) in [7, 11) is 0.900. The van der Waals surface area contributed by atoms with E-state index in [2.05, 4.69) is 9.47 Å². The molecular weight excluding hydrogens is 427 g/mol. The van der Waals surface area contributed by atoms with Gasteiger partial charge in [-0.25, -0.2) is 22.0 Å². The Hall–Kier alpha value is -3.31.